The van der Waals surface area contributed by atoms with Gasteiger partial charge in [-0.05, 0) is 48.5 Å². The molecule has 7 nitrogen and oxygen atoms in total. The van der Waals surface area contributed by atoms with Gasteiger partial charge in [0.1, 0.15) is 24.1 Å². The van der Waals surface area contributed by atoms with E-state index in [-0.39, 0.29) is 0 Å². The minimum absolute atomic E-state index is 0.653. The Morgan fingerprint density at radius 2 is 1.45 bits per heavy atom. The number of nitrogens with one attached hydrogen (secondary N) is 1. The lowest BCUT2D eigenvalue weighted by molar-refractivity contribution is -0.143. The molecule has 29 heavy (non-hydrogen) atoms. The summed E-state index contributed by atoms with van der Waals surface area (Å²) in [5.74, 6) is 11.4. The third-order valence-corrected chi connectivity index (χ3v) is 4.32. The summed E-state index contributed by atoms with van der Waals surface area (Å²) >= 11 is 0. The lowest BCUT2D eigenvalue weighted by Gasteiger charge is -2.11. The Hall–Kier alpha value is -3.33. The van der Waals surface area contributed by atoms with Gasteiger partial charge in [-0.2, -0.15) is 0 Å². The number of amides is 1. The van der Waals surface area contributed by atoms with E-state index in [9.17, 15) is 15.0 Å². The Labute approximate surface area is 167 Å². The number of hydrogen-bond acceptors (Lipinski definition) is 6. The molecular formula is C22H19NO6. The van der Waals surface area contributed by atoms with Crippen molar-refractivity contribution in [2.75, 3.05) is 7.11 Å². The molecule has 4 atom stereocenters. The Balaban J connectivity index is 1.66. The maximum atomic E-state index is 11.4. The molecular weight excluding hydrogens is 374 g/mol. The number of carbonyl (C=O) groups is 1. The lowest BCUT2D eigenvalue weighted by atomic mass is 10.1. The molecule has 0 unspecified atom stereocenters. The highest BCUT2D eigenvalue weighted by Crippen LogP contribution is 2.21. The number of carbonyl (C=O) groups excluding carboxylic acids is 1. The first-order chi connectivity index (χ1) is 14.0. The second kappa shape index (κ2) is 9.24. The van der Waals surface area contributed by atoms with E-state index in [1.807, 2.05) is 36.4 Å². The van der Waals surface area contributed by atoms with Crippen LogP contribution >= 0.6 is 0 Å². The van der Waals surface area contributed by atoms with Gasteiger partial charge in [0.05, 0.1) is 7.11 Å². The average molecular weight is 393 g/mol. The molecule has 3 rings (SSSR count). The van der Waals surface area contributed by atoms with Gasteiger partial charge in [0.2, 0.25) is 0 Å². The van der Waals surface area contributed by atoms with Gasteiger partial charge in [-0.15, -0.1) is 0 Å². The van der Waals surface area contributed by atoms with Gasteiger partial charge in [-0.25, -0.2) is 5.48 Å². The first kappa shape index (κ1) is 20.4. The second-order valence-corrected chi connectivity index (χ2v) is 6.26. The second-order valence-electron chi connectivity index (χ2n) is 6.26. The first-order valence-corrected chi connectivity index (χ1v) is 8.75. The first-order valence-electron chi connectivity index (χ1n) is 8.75. The monoisotopic (exact) mass is 393 g/mol. The van der Waals surface area contributed by atoms with Crippen LogP contribution in [0.5, 0.6) is 5.75 Å². The summed E-state index contributed by atoms with van der Waals surface area (Å²) in [6, 6.07) is 14.6. The normalized spacial score (nSPS) is 22.6. The van der Waals surface area contributed by atoms with E-state index in [1.165, 1.54) is 5.48 Å². The van der Waals surface area contributed by atoms with Crippen LogP contribution in [-0.4, -0.2) is 52.9 Å². The van der Waals surface area contributed by atoms with Crippen LogP contribution in [0.4, 0.5) is 0 Å². The van der Waals surface area contributed by atoms with Crippen LogP contribution in [0.15, 0.2) is 48.5 Å². The Bertz CT molecular complexity index is 978. The number of rotatable bonds is 2. The largest absolute Gasteiger partial charge is 0.497 e. The zero-order valence-corrected chi connectivity index (χ0v) is 15.5. The summed E-state index contributed by atoms with van der Waals surface area (Å²) in [4.78, 5) is 11.4. The van der Waals surface area contributed by atoms with E-state index in [0.717, 1.165) is 16.9 Å². The molecule has 148 valence electrons. The quantitative estimate of drug-likeness (QED) is 0.335. The maximum absolute atomic E-state index is 11.4. The summed E-state index contributed by atoms with van der Waals surface area (Å²) in [6.45, 7) is 0. The maximum Gasteiger partial charge on any atom is 0.275 e. The number of ether oxygens (including phenoxy) is 2. The molecule has 0 aliphatic carbocycles. The molecule has 2 aromatic carbocycles. The van der Waals surface area contributed by atoms with Crippen molar-refractivity contribution in [3.05, 3.63) is 65.2 Å². The van der Waals surface area contributed by atoms with Gasteiger partial charge in [-0.1, -0.05) is 23.7 Å². The fraction of sp³-hybridized carbons (Fsp3) is 0.227. The van der Waals surface area contributed by atoms with Crippen molar-refractivity contribution in [3.8, 4) is 29.4 Å². The number of hydrogen-bond donors (Lipinski definition) is 4. The summed E-state index contributed by atoms with van der Waals surface area (Å²) in [5.41, 5.74) is 3.71. The van der Waals surface area contributed by atoms with Crippen LogP contribution in [0.3, 0.4) is 0 Å². The molecule has 1 aliphatic rings. The molecule has 7 heteroatoms. The van der Waals surface area contributed by atoms with Crippen molar-refractivity contribution in [2.45, 2.75) is 24.4 Å². The number of methoxy groups -OCH3 is 1. The van der Waals surface area contributed by atoms with Gasteiger partial charge in [-0.3, -0.25) is 10.0 Å². The molecule has 4 N–H and O–H groups in total. The Kier molecular flexibility index (Phi) is 6.50. The van der Waals surface area contributed by atoms with Crippen molar-refractivity contribution in [2.24, 2.45) is 0 Å². The molecule has 0 aromatic heterocycles. The predicted molar refractivity (Wildman–Crippen MR) is 103 cm³/mol. The van der Waals surface area contributed by atoms with E-state index >= 15 is 0 Å². The SMILES string of the molecule is COc1ccc(C#Cc2ccc(C#C[C@@H]3O[C@H](C(=O)NO)[C@H](O)[C@@H]3O)cc2)cc1. The van der Waals surface area contributed by atoms with Gasteiger partial charge < -0.3 is 19.7 Å². The van der Waals surface area contributed by atoms with E-state index in [4.69, 9.17) is 14.7 Å². The average Bonchev–Trinajstić information content (AvgIpc) is 3.05. The molecule has 2 aromatic rings. The summed E-state index contributed by atoms with van der Waals surface area (Å²) in [5, 5.41) is 28.4. The molecule has 0 saturated carbocycles. The highest BCUT2D eigenvalue weighted by atomic mass is 16.6. The van der Waals surface area contributed by atoms with E-state index in [0.29, 0.717) is 5.56 Å². The van der Waals surface area contributed by atoms with E-state index in [1.54, 1.807) is 19.2 Å². The molecule has 0 radical (unpaired) electrons. The van der Waals surface area contributed by atoms with Crippen LogP contribution < -0.4 is 10.2 Å². The van der Waals surface area contributed by atoms with Crippen LogP contribution in [0.25, 0.3) is 0 Å². The van der Waals surface area contributed by atoms with E-state index < -0.39 is 30.3 Å². The fourth-order valence-electron chi connectivity index (χ4n) is 2.69. The zero-order valence-electron chi connectivity index (χ0n) is 15.5. The van der Waals surface area contributed by atoms with E-state index in [2.05, 4.69) is 23.7 Å². The molecule has 1 amide bonds. The fourth-order valence-corrected chi connectivity index (χ4v) is 2.69. The van der Waals surface area contributed by atoms with Crippen molar-refractivity contribution < 1.29 is 29.7 Å². The van der Waals surface area contributed by atoms with Crippen molar-refractivity contribution >= 4 is 5.91 Å². The lowest BCUT2D eigenvalue weighted by Crippen LogP contribution is -2.41. The van der Waals surface area contributed by atoms with Gasteiger partial charge in [0.15, 0.2) is 6.10 Å². The van der Waals surface area contributed by atoms with Crippen LogP contribution in [-0.2, 0) is 9.53 Å². The van der Waals surface area contributed by atoms with Crippen LogP contribution in [0, 0.1) is 23.7 Å². The summed E-state index contributed by atoms with van der Waals surface area (Å²) in [6.07, 6.45) is -5.27. The minimum atomic E-state index is -1.47. The summed E-state index contributed by atoms with van der Waals surface area (Å²) < 4.78 is 10.3. The highest BCUT2D eigenvalue weighted by Gasteiger charge is 2.45. The third kappa shape index (κ3) is 4.94. The molecule has 1 heterocycles. The number of hydroxylamine groups is 1. The van der Waals surface area contributed by atoms with Gasteiger partial charge in [0, 0.05) is 16.7 Å². The molecule has 0 bridgehead atoms. The number of aliphatic hydroxyl groups is 2. The minimum Gasteiger partial charge on any atom is -0.497 e. The molecule has 0 spiro atoms. The van der Waals surface area contributed by atoms with Gasteiger partial charge in [0.25, 0.3) is 5.91 Å². The molecule has 1 saturated heterocycles. The van der Waals surface area contributed by atoms with Crippen molar-refractivity contribution in [1.29, 1.82) is 0 Å². The number of aliphatic hydroxyl groups excluding tert-OH is 2. The van der Waals surface area contributed by atoms with Gasteiger partial charge >= 0.3 is 0 Å². The van der Waals surface area contributed by atoms with Crippen molar-refractivity contribution in [3.63, 3.8) is 0 Å². The van der Waals surface area contributed by atoms with Crippen LogP contribution in [0.1, 0.15) is 16.7 Å². The summed E-state index contributed by atoms with van der Waals surface area (Å²) in [7, 11) is 1.61. The standard InChI is InChI=1S/C22H19NO6/c1-28-17-11-8-16(9-12-17)7-4-14-2-5-15(6-3-14)10-13-18-19(24)20(25)21(29-18)22(26)23-27/h2-3,5-6,8-9,11-12,18-21,24-25,27H,1H3,(H,23,26)/t18-,19+,20+,21-/m0/s1. The van der Waals surface area contributed by atoms with Crippen molar-refractivity contribution in [1.82, 2.24) is 5.48 Å². The number of benzene rings is 2. The third-order valence-electron chi connectivity index (χ3n) is 4.32. The zero-order chi connectivity index (χ0) is 20.8. The smallest absolute Gasteiger partial charge is 0.275 e. The molecule has 1 aliphatic heterocycles. The Morgan fingerprint density at radius 3 is 1.97 bits per heavy atom. The van der Waals surface area contributed by atoms with Crippen LogP contribution in [0.2, 0.25) is 0 Å². The highest BCUT2D eigenvalue weighted by molar-refractivity contribution is 5.80. The molecule has 1 fully saturated rings. The predicted octanol–water partition coefficient (Wildman–Crippen LogP) is 0.441. The topological polar surface area (TPSA) is 108 Å². The Morgan fingerprint density at radius 1 is 0.931 bits per heavy atom.